The Morgan fingerprint density at radius 1 is 1.25 bits per heavy atom. The lowest BCUT2D eigenvalue weighted by molar-refractivity contribution is -0.115. The van der Waals surface area contributed by atoms with E-state index in [1.807, 2.05) is 13.8 Å². The molecule has 20 heavy (non-hydrogen) atoms. The quantitative estimate of drug-likeness (QED) is 0.710. The molecule has 1 atom stereocenters. The number of amides is 1. The first-order valence-electron chi connectivity index (χ1n) is 6.42. The summed E-state index contributed by atoms with van der Waals surface area (Å²) in [6.45, 7) is 4.20. The van der Waals surface area contributed by atoms with E-state index in [0.29, 0.717) is 11.4 Å². The van der Waals surface area contributed by atoms with E-state index in [2.05, 4.69) is 15.4 Å². The van der Waals surface area contributed by atoms with Crippen molar-refractivity contribution in [2.24, 2.45) is 0 Å². The summed E-state index contributed by atoms with van der Waals surface area (Å²) in [6, 6.07) is 6.92. The van der Waals surface area contributed by atoms with E-state index in [9.17, 15) is 13.2 Å². The molecule has 0 saturated heterocycles. The van der Waals surface area contributed by atoms with E-state index in [1.54, 1.807) is 24.3 Å². The van der Waals surface area contributed by atoms with Crippen LogP contribution in [0.2, 0.25) is 0 Å². The average molecular weight is 299 g/mol. The molecule has 1 aromatic rings. The molecule has 0 fully saturated rings. The molecule has 3 N–H and O–H groups in total. The largest absolute Gasteiger partial charge is 0.323 e. The SMILES string of the molecule is CCC(C)NCC(=O)Nc1ccccc1NS(C)(=O)=O. The van der Waals surface area contributed by atoms with Gasteiger partial charge in [-0.1, -0.05) is 19.1 Å². The molecule has 1 amide bonds. The molecule has 0 heterocycles. The van der Waals surface area contributed by atoms with Crippen molar-refractivity contribution in [3.63, 3.8) is 0 Å². The standard InChI is InChI=1S/C13H21N3O3S/c1-4-10(2)14-9-13(17)15-11-7-5-6-8-12(11)16-20(3,18)19/h5-8,10,14,16H,4,9H2,1-3H3,(H,15,17). The van der Waals surface area contributed by atoms with Gasteiger partial charge in [-0.15, -0.1) is 0 Å². The molecule has 0 aliphatic carbocycles. The molecule has 1 rings (SSSR count). The molecular weight excluding hydrogens is 278 g/mol. The maximum absolute atomic E-state index is 11.8. The first-order valence-corrected chi connectivity index (χ1v) is 8.31. The Morgan fingerprint density at radius 2 is 1.85 bits per heavy atom. The summed E-state index contributed by atoms with van der Waals surface area (Å²) < 4.78 is 24.9. The van der Waals surface area contributed by atoms with Gasteiger partial charge in [0.05, 0.1) is 24.2 Å². The van der Waals surface area contributed by atoms with Gasteiger partial charge in [-0.25, -0.2) is 8.42 Å². The lowest BCUT2D eigenvalue weighted by Crippen LogP contribution is -2.34. The van der Waals surface area contributed by atoms with Crippen LogP contribution in [0.15, 0.2) is 24.3 Å². The van der Waals surface area contributed by atoms with Crippen molar-refractivity contribution in [3.05, 3.63) is 24.3 Å². The summed E-state index contributed by atoms with van der Waals surface area (Å²) in [5.74, 6) is -0.215. The number of rotatable bonds is 7. The van der Waals surface area contributed by atoms with E-state index >= 15 is 0 Å². The van der Waals surface area contributed by atoms with E-state index in [4.69, 9.17) is 0 Å². The minimum atomic E-state index is -3.38. The number of hydrogen-bond acceptors (Lipinski definition) is 4. The van der Waals surface area contributed by atoms with Crippen LogP contribution in [0.1, 0.15) is 20.3 Å². The van der Waals surface area contributed by atoms with Crippen molar-refractivity contribution in [1.29, 1.82) is 0 Å². The van der Waals surface area contributed by atoms with Gasteiger partial charge in [-0.2, -0.15) is 0 Å². The molecule has 6 nitrogen and oxygen atoms in total. The van der Waals surface area contributed by atoms with Crippen LogP contribution in [-0.4, -0.2) is 33.2 Å². The summed E-state index contributed by atoms with van der Waals surface area (Å²) in [5.41, 5.74) is 0.792. The van der Waals surface area contributed by atoms with Crippen LogP contribution in [0.25, 0.3) is 0 Å². The van der Waals surface area contributed by atoms with Crippen LogP contribution >= 0.6 is 0 Å². The Morgan fingerprint density at radius 3 is 2.40 bits per heavy atom. The van der Waals surface area contributed by atoms with Crippen LogP contribution in [0.3, 0.4) is 0 Å². The Labute approximate surface area is 120 Å². The molecule has 0 aliphatic rings. The summed E-state index contributed by atoms with van der Waals surface area (Å²) >= 11 is 0. The molecule has 0 radical (unpaired) electrons. The maximum Gasteiger partial charge on any atom is 0.238 e. The summed E-state index contributed by atoms with van der Waals surface area (Å²) in [4.78, 5) is 11.8. The highest BCUT2D eigenvalue weighted by atomic mass is 32.2. The van der Waals surface area contributed by atoms with Gasteiger partial charge >= 0.3 is 0 Å². The minimum absolute atomic E-state index is 0.183. The zero-order valence-corrected chi connectivity index (χ0v) is 12.8. The fourth-order valence-corrected chi connectivity index (χ4v) is 2.06. The fourth-order valence-electron chi connectivity index (χ4n) is 1.49. The number of carbonyl (C=O) groups excluding carboxylic acids is 1. The zero-order chi connectivity index (χ0) is 15.2. The van der Waals surface area contributed by atoms with Crippen LogP contribution in [0.4, 0.5) is 11.4 Å². The second kappa shape index (κ2) is 7.25. The minimum Gasteiger partial charge on any atom is -0.323 e. The normalized spacial score (nSPS) is 12.8. The van der Waals surface area contributed by atoms with Gasteiger partial charge in [0.2, 0.25) is 15.9 Å². The van der Waals surface area contributed by atoms with Gasteiger partial charge in [0, 0.05) is 6.04 Å². The second-order valence-electron chi connectivity index (χ2n) is 4.66. The number of nitrogens with one attached hydrogen (secondary N) is 3. The Bertz CT molecular complexity index is 558. The molecule has 0 spiro atoms. The summed E-state index contributed by atoms with van der Waals surface area (Å²) in [6.07, 6.45) is 2.00. The molecule has 0 aliphatic heterocycles. The highest BCUT2D eigenvalue weighted by molar-refractivity contribution is 7.92. The lowest BCUT2D eigenvalue weighted by Gasteiger charge is -2.14. The first-order chi connectivity index (χ1) is 9.31. The van der Waals surface area contributed by atoms with Crippen molar-refractivity contribution in [2.45, 2.75) is 26.3 Å². The number of anilines is 2. The van der Waals surface area contributed by atoms with Crippen LogP contribution < -0.4 is 15.4 Å². The van der Waals surface area contributed by atoms with Crippen molar-refractivity contribution < 1.29 is 13.2 Å². The highest BCUT2D eigenvalue weighted by Gasteiger charge is 2.10. The third-order valence-corrected chi connectivity index (χ3v) is 3.31. The number of hydrogen-bond donors (Lipinski definition) is 3. The van der Waals surface area contributed by atoms with Crippen molar-refractivity contribution in [1.82, 2.24) is 5.32 Å². The summed E-state index contributed by atoms with van der Waals surface area (Å²) in [5, 5.41) is 5.75. The molecule has 1 unspecified atom stereocenters. The van der Waals surface area contributed by atoms with Crippen molar-refractivity contribution >= 4 is 27.3 Å². The van der Waals surface area contributed by atoms with E-state index in [-0.39, 0.29) is 18.5 Å². The molecule has 0 aromatic heterocycles. The van der Waals surface area contributed by atoms with E-state index in [0.717, 1.165) is 12.7 Å². The predicted molar refractivity (Wildman–Crippen MR) is 81.3 cm³/mol. The maximum atomic E-state index is 11.8. The predicted octanol–water partition coefficient (Wildman–Crippen LogP) is 1.38. The Hall–Kier alpha value is -1.60. The van der Waals surface area contributed by atoms with Gasteiger partial charge in [0.25, 0.3) is 0 Å². The number of carbonyl (C=O) groups is 1. The first kappa shape index (κ1) is 16.5. The van der Waals surface area contributed by atoms with Crippen molar-refractivity contribution in [2.75, 3.05) is 22.8 Å². The number of para-hydroxylation sites is 2. The molecule has 1 aromatic carbocycles. The molecule has 7 heteroatoms. The topological polar surface area (TPSA) is 87.3 Å². The van der Waals surface area contributed by atoms with Gasteiger partial charge in [0.15, 0.2) is 0 Å². The van der Waals surface area contributed by atoms with E-state index in [1.165, 1.54) is 0 Å². The summed E-state index contributed by atoms with van der Waals surface area (Å²) in [7, 11) is -3.38. The Kier molecular flexibility index (Phi) is 5.97. The van der Waals surface area contributed by atoms with Gasteiger partial charge in [-0.3, -0.25) is 9.52 Å². The third-order valence-electron chi connectivity index (χ3n) is 2.72. The van der Waals surface area contributed by atoms with Crippen LogP contribution in [0.5, 0.6) is 0 Å². The fraction of sp³-hybridized carbons (Fsp3) is 0.462. The van der Waals surface area contributed by atoms with Crippen molar-refractivity contribution in [3.8, 4) is 0 Å². The van der Waals surface area contributed by atoms with Gasteiger partial charge in [0.1, 0.15) is 0 Å². The smallest absolute Gasteiger partial charge is 0.238 e. The number of sulfonamides is 1. The van der Waals surface area contributed by atoms with Crippen LogP contribution in [-0.2, 0) is 14.8 Å². The second-order valence-corrected chi connectivity index (χ2v) is 6.41. The van der Waals surface area contributed by atoms with Gasteiger partial charge < -0.3 is 10.6 Å². The molecule has 112 valence electrons. The zero-order valence-electron chi connectivity index (χ0n) is 11.9. The monoisotopic (exact) mass is 299 g/mol. The molecule has 0 saturated carbocycles. The van der Waals surface area contributed by atoms with Crippen LogP contribution in [0, 0.1) is 0 Å². The Balaban J connectivity index is 2.70. The lowest BCUT2D eigenvalue weighted by atomic mass is 10.2. The van der Waals surface area contributed by atoms with Gasteiger partial charge in [-0.05, 0) is 25.5 Å². The highest BCUT2D eigenvalue weighted by Crippen LogP contribution is 2.21. The number of benzene rings is 1. The van der Waals surface area contributed by atoms with E-state index < -0.39 is 10.0 Å². The molecular formula is C13H21N3O3S. The average Bonchev–Trinajstić information content (AvgIpc) is 2.36. The third kappa shape index (κ3) is 6.03. The molecule has 0 bridgehead atoms.